The van der Waals surface area contributed by atoms with Crippen LogP contribution in [0.1, 0.15) is 57.0 Å². The Hall–Kier alpha value is -2.65. The van der Waals surface area contributed by atoms with Crippen LogP contribution in [0.25, 0.3) is 0 Å². The summed E-state index contributed by atoms with van der Waals surface area (Å²) in [6.07, 6.45) is 0.924. The molecule has 0 atom stereocenters. The van der Waals surface area contributed by atoms with Gasteiger partial charge in [0.05, 0.1) is 11.1 Å². The molecule has 0 fully saturated rings. The summed E-state index contributed by atoms with van der Waals surface area (Å²) < 4.78 is 12.0. The van der Waals surface area contributed by atoms with E-state index < -0.39 is 11.8 Å². The predicted octanol–water partition coefficient (Wildman–Crippen LogP) is 4.89. The minimum Gasteiger partial charge on any atom is -0.494 e. The lowest BCUT2D eigenvalue weighted by molar-refractivity contribution is -0.123. The van der Waals surface area contributed by atoms with Crippen LogP contribution in [-0.4, -0.2) is 30.1 Å². The molecule has 0 heterocycles. The number of nitrogens with one attached hydrogen (secondary N) is 3. The number of hydrogen-bond acceptors (Lipinski definition) is 5. The van der Waals surface area contributed by atoms with Gasteiger partial charge in [-0.3, -0.25) is 25.8 Å². The molecule has 0 aromatic heterocycles. The molecular weight excluding hydrogens is 518 g/mol. The Balaban J connectivity index is 1.78. The van der Waals surface area contributed by atoms with Crippen molar-refractivity contribution in [1.82, 2.24) is 16.2 Å². The van der Waals surface area contributed by atoms with Gasteiger partial charge in [0, 0.05) is 5.56 Å². The molecule has 3 N–H and O–H groups in total. The lowest BCUT2D eigenvalue weighted by Gasteiger charge is -2.20. The first kappa shape index (κ1) is 27.6. The minimum atomic E-state index is -0.455. The summed E-state index contributed by atoms with van der Waals surface area (Å²) in [6, 6.07) is 12.6. The molecule has 2 amide bonds. The molecule has 184 valence electrons. The molecule has 0 unspecified atom stereocenters. The van der Waals surface area contributed by atoms with E-state index in [1.54, 1.807) is 24.3 Å². The van der Waals surface area contributed by atoms with Gasteiger partial charge in [-0.25, -0.2) is 0 Å². The van der Waals surface area contributed by atoms with E-state index in [1.807, 2.05) is 18.2 Å². The molecule has 34 heavy (non-hydrogen) atoms. The van der Waals surface area contributed by atoms with E-state index in [4.69, 9.17) is 21.7 Å². The maximum Gasteiger partial charge on any atom is 0.276 e. The fourth-order valence-electron chi connectivity index (χ4n) is 2.74. The first-order chi connectivity index (χ1) is 16.0. The van der Waals surface area contributed by atoms with Gasteiger partial charge in [-0.05, 0) is 81.8 Å². The van der Waals surface area contributed by atoms with E-state index >= 15 is 0 Å². The van der Waals surface area contributed by atoms with Crippen LogP contribution in [-0.2, 0) is 10.2 Å². The SMILES string of the molecule is CC(C)CCOc1cccc(C(=O)NC(=S)NNC(=O)COc2ccc(C(C)(C)C)cc2Br)c1. The Morgan fingerprint density at radius 3 is 2.44 bits per heavy atom. The first-order valence-electron chi connectivity index (χ1n) is 11.0. The first-order valence-corrected chi connectivity index (χ1v) is 12.2. The van der Waals surface area contributed by atoms with Gasteiger partial charge in [-0.2, -0.15) is 0 Å². The maximum absolute atomic E-state index is 12.4. The van der Waals surface area contributed by atoms with Crippen molar-refractivity contribution in [3.63, 3.8) is 0 Å². The summed E-state index contributed by atoms with van der Waals surface area (Å²) in [5.41, 5.74) is 6.45. The molecule has 0 aliphatic carbocycles. The summed E-state index contributed by atoms with van der Waals surface area (Å²) in [6.45, 7) is 10.9. The molecule has 2 rings (SSSR count). The van der Waals surface area contributed by atoms with Gasteiger partial charge in [0.25, 0.3) is 11.8 Å². The monoisotopic (exact) mass is 549 g/mol. The van der Waals surface area contributed by atoms with Crippen LogP contribution >= 0.6 is 28.1 Å². The maximum atomic E-state index is 12.4. The van der Waals surface area contributed by atoms with Crippen molar-refractivity contribution in [2.45, 2.75) is 46.5 Å². The Kier molecular flexibility index (Phi) is 10.3. The summed E-state index contributed by atoms with van der Waals surface area (Å²) in [5.74, 6) is 0.823. The third kappa shape index (κ3) is 9.30. The van der Waals surface area contributed by atoms with Crippen LogP contribution in [0.5, 0.6) is 11.5 Å². The molecule has 0 bridgehead atoms. The van der Waals surface area contributed by atoms with Gasteiger partial charge in [0.1, 0.15) is 11.5 Å². The van der Waals surface area contributed by atoms with Gasteiger partial charge in [0.15, 0.2) is 11.7 Å². The van der Waals surface area contributed by atoms with Crippen LogP contribution in [0.3, 0.4) is 0 Å². The Labute approximate surface area is 215 Å². The van der Waals surface area contributed by atoms with Crippen molar-refractivity contribution in [2.75, 3.05) is 13.2 Å². The van der Waals surface area contributed by atoms with Gasteiger partial charge in [-0.1, -0.05) is 46.8 Å². The number of halogens is 1. The van der Waals surface area contributed by atoms with Crippen molar-refractivity contribution in [1.29, 1.82) is 0 Å². The standard InChI is InChI=1S/C25H32BrN3O4S/c1-16(2)11-12-32-19-8-6-7-17(13-19)23(31)27-24(34)29-28-22(30)15-33-21-10-9-18(14-20(21)26)25(3,4)5/h6-10,13-14,16H,11-12,15H2,1-5H3,(H,28,30)(H2,27,29,31,34). The van der Waals surface area contributed by atoms with Crippen LogP contribution in [0.15, 0.2) is 46.9 Å². The number of carbonyl (C=O) groups excluding carboxylic acids is 2. The predicted molar refractivity (Wildman–Crippen MR) is 141 cm³/mol. The number of carbonyl (C=O) groups is 2. The third-order valence-electron chi connectivity index (χ3n) is 4.76. The minimum absolute atomic E-state index is 0.00454. The highest BCUT2D eigenvalue weighted by molar-refractivity contribution is 9.10. The van der Waals surface area contributed by atoms with E-state index in [2.05, 4.69) is 66.7 Å². The van der Waals surface area contributed by atoms with Crippen LogP contribution in [0.4, 0.5) is 0 Å². The van der Waals surface area contributed by atoms with Gasteiger partial charge in [-0.15, -0.1) is 0 Å². The highest BCUT2D eigenvalue weighted by Crippen LogP contribution is 2.31. The molecular formula is C25H32BrN3O4S. The van der Waals surface area contributed by atoms with Crippen LogP contribution in [0, 0.1) is 5.92 Å². The van der Waals surface area contributed by atoms with Crippen molar-refractivity contribution < 1.29 is 19.1 Å². The third-order valence-corrected chi connectivity index (χ3v) is 5.58. The molecule has 0 saturated heterocycles. The fraction of sp³-hybridized carbons (Fsp3) is 0.400. The highest BCUT2D eigenvalue weighted by Gasteiger charge is 2.16. The quantitative estimate of drug-likeness (QED) is 0.321. The number of thiocarbonyl (C=S) groups is 1. The molecule has 0 aliphatic heterocycles. The Morgan fingerprint density at radius 1 is 1.06 bits per heavy atom. The van der Waals surface area contributed by atoms with Crippen molar-refractivity contribution in [2.24, 2.45) is 5.92 Å². The van der Waals surface area contributed by atoms with E-state index in [-0.39, 0.29) is 17.1 Å². The molecule has 7 nitrogen and oxygen atoms in total. The van der Waals surface area contributed by atoms with E-state index in [0.29, 0.717) is 29.6 Å². The Morgan fingerprint density at radius 2 is 1.79 bits per heavy atom. The molecule has 0 saturated carbocycles. The van der Waals surface area contributed by atoms with E-state index in [0.717, 1.165) is 16.5 Å². The van der Waals surface area contributed by atoms with Crippen molar-refractivity contribution in [3.8, 4) is 11.5 Å². The molecule has 2 aromatic rings. The smallest absolute Gasteiger partial charge is 0.276 e. The van der Waals surface area contributed by atoms with E-state index in [9.17, 15) is 9.59 Å². The fourth-order valence-corrected chi connectivity index (χ4v) is 3.37. The molecule has 0 radical (unpaired) electrons. The molecule has 0 spiro atoms. The van der Waals surface area contributed by atoms with Crippen LogP contribution < -0.4 is 25.6 Å². The molecule has 9 heteroatoms. The van der Waals surface area contributed by atoms with Gasteiger partial charge < -0.3 is 9.47 Å². The largest absolute Gasteiger partial charge is 0.494 e. The van der Waals surface area contributed by atoms with Crippen molar-refractivity contribution >= 4 is 45.1 Å². The highest BCUT2D eigenvalue weighted by atomic mass is 79.9. The topological polar surface area (TPSA) is 88.7 Å². The summed E-state index contributed by atoms with van der Waals surface area (Å²) >= 11 is 8.57. The second-order valence-electron chi connectivity index (χ2n) is 9.20. The number of hydrazine groups is 1. The zero-order valence-electron chi connectivity index (χ0n) is 20.2. The van der Waals surface area contributed by atoms with Crippen molar-refractivity contribution in [3.05, 3.63) is 58.1 Å². The number of amides is 2. The van der Waals surface area contributed by atoms with Gasteiger partial charge >= 0.3 is 0 Å². The number of benzene rings is 2. The summed E-state index contributed by atoms with van der Waals surface area (Å²) in [4.78, 5) is 24.5. The zero-order valence-corrected chi connectivity index (χ0v) is 22.6. The van der Waals surface area contributed by atoms with E-state index in [1.165, 1.54) is 0 Å². The second kappa shape index (κ2) is 12.7. The number of ether oxygens (including phenoxy) is 2. The summed E-state index contributed by atoms with van der Waals surface area (Å²) in [5, 5.41) is 2.48. The zero-order chi connectivity index (χ0) is 25.3. The average molecular weight is 551 g/mol. The normalized spacial score (nSPS) is 11.0. The lowest BCUT2D eigenvalue weighted by Crippen LogP contribution is -2.49. The Bertz CT molecular complexity index is 1020. The number of hydrogen-bond donors (Lipinski definition) is 3. The summed E-state index contributed by atoms with van der Waals surface area (Å²) in [7, 11) is 0. The van der Waals surface area contributed by atoms with Gasteiger partial charge in [0.2, 0.25) is 0 Å². The average Bonchev–Trinajstić information content (AvgIpc) is 2.76. The lowest BCUT2D eigenvalue weighted by atomic mass is 9.87. The number of rotatable bonds is 8. The molecule has 2 aromatic carbocycles. The molecule has 0 aliphatic rings. The van der Waals surface area contributed by atoms with Crippen LogP contribution in [0.2, 0.25) is 0 Å². The second-order valence-corrected chi connectivity index (χ2v) is 10.5.